The number of nitrogens with zero attached hydrogens (tertiary/aromatic N) is 1. The lowest BCUT2D eigenvalue weighted by molar-refractivity contribution is 0.474. The van der Waals surface area contributed by atoms with Crippen molar-refractivity contribution in [2.75, 3.05) is 0 Å². The Balaban J connectivity index is 2.22. The van der Waals surface area contributed by atoms with Gasteiger partial charge in [0.25, 0.3) is 0 Å². The first kappa shape index (κ1) is 12.0. The normalized spacial score (nSPS) is 10.3. The van der Waals surface area contributed by atoms with Gasteiger partial charge in [0.1, 0.15) is 17.3 Å². The first-order valence-corrected chi connectivity index (χ1v) is 5.76. The minimum absolute atomic E-state index is 0.339. The first-order valence-electron chi connectivity index (χ1n) is 4.97. The predicted molar refractivity (Wildman–Crippen MR) is 66.3 cm³/mol. The smallest absolute Gasteiger partial charge is 0.141 e. The van der Waals surface area contributed by atoms with E-state index in [-0.39, 0.29) is 5.82 Å². The molecule has 1 aromatic carbocycles. The van der Waals surface area contributed by atoms with Gasteiger partial charge in [0, 0.05) is 24.9 Å². The second-order valence-corrected chi connectivity index (χ2v) is 4.22. The van der Waals surface area contributed by atoms with Crippen LogP contribution in [0.2, 0.25) is 0 Å². The maximum atomic E-state index is 13.3. The number of benzene rings is 1. The van der Waals surface area contributed by atoms with Crippen LogP contribution in [0.1, 0.15) is 5.69 Å². The van der Waals surface area contributed by atoms with E-state index < -0.39 is 0 Å². The molecule has 1 heterocycles. The number of ether oxygens (including phenoxy) is 1. The minimum Gasteiger partial charge on any atom is -0.457 e. The Kier molecular flexibility index (Phi) is 3.71. The van der Waals surface area contributed by atoms with Gasteiger partial charge in [-0.2, -0.15) is 0 Å². The van der Waals surface area contributed by atoms with E-state index in [9.17, 15) is 4.39 Å². The summed E-state index contributed by atoms with van der Waals surface area (Å²) >= 11 is 3.08. The maximum absolute atomic E-state index is 13.3. The van der Waals surface area contributed by atoms with Crippen LogP contribution in [0.5, 0.6) is 11.5 Å². The highest BCUT2D eigenvalue weighted by Crippen LogP contribution is 2.25. The van der Waals surface area contributed by atoms with Crippen molar-refractivity contribution in [3.8, 4) is 11.5 Å². The van der Waals surface area contributed by atoms with Crippen LogP contribution >= 0.6 is 15.9 Å². The van der Waals surface area contributed by atoms with Crippen LogP contribution in [0.25, 0.3) is 0 Å². The summed E-state index contributed by atoms with van der Waals surface area (Å²) in [5, 5.41) is 0. The summed E-state index contributed by atoms with van der Waals surface area (Å²) in [4.78, 5) is 4.04. The summed E-state index contributed by atoms with van der Waals surface area (Å²) in [6.45, 7) is 0.339. The van der Waals surface area contributed by atoms with Gasteiger partial charge in [0.05, 0.1) is 10.2 Å². The van der Waals surface area contributed by atoms with Crippen molar-refractivity contribution >= 4 is 15.9 Å². The minimum atomic E-state index is -0.365. The standard InChI is InChI=1S/C12H10BrFN2O/c13-11-2-1-9(6-12(11)14)17-10-3-4-16-8(5-10)7-15/h1-6H,7,15H2. The highest BCUT2D eigenvalue weighted by molar-refractivity contribution is 9.10. The zero-order chi connectivity index (χ0) is 12.3. The molecule has 0 atom stereocenters. The second kappa shape index (κ2) is 5.25. The van der Waals surface area contributed by atoms with E-state index in [4.69, 9.17) is 10.5 Å². The molecule has 0 saturated carbocycles. The molecule has 2 rings (SSSR count). The third-order valence-electron chi connectivity index (χ3n) is 2.12. The van der Waals surface area contributed by atoms with Crippen LogP contribution < -0.4 is 10.5 Å². The van der Waals surface area contributed by atoms with E-state index in [0.717, 1.165) is 5.69 Å². The van der Waals surface area contributed by atoms with Gasteiger partial charge in [-0.25, -0.2) is 4.39 Å². The summed E-state index contributed by atoms with van der Waals surface area (Å²) in [5.74, 6) is 0.651. The van der Waals surface area contributed by atoms with Crippen molar-refractivity contribution in [1.82, 2.24) is 4.98 Å². The molecule has 0 radical (unpaired) electrons. The van der Waals surface area contributed by atoms with Gasteiger partial charge in [-0.15, -0.1) is 0 Å². The Labute approximate surface area is 107 Å². The molecule has 0 amide bonds. The van der Waals surface area contributed by atoms with E-state index in [1.807, 2.05) is 0 Å². The number of pyridine rings is 1. The average Bonchev–Trinajstić information content (AvgIpc) is 2.34. The average molecular weight is 297 g/mol. The Morgan fingerprint density at radius 3 is 2.71 bits per heavy atom. The van der Waals surface area contributed by atoms with Gasteiger partial charge in [-0.05, 0) is 34.1 Å². The number of hydrogen-bond acceptors (Lipinski definition) is 3. The molecule has 0 fully saturated rings. The number of halogens is 2. The molecule has 2 N–H and O–H groups in total. The van der Waals surface area contributed by atoms with Gasteiger partial charge < -0.3 is 10.5 Å². The van der Waals surface area contributed by atoms with E-state index in [1.165, 1.54) is 6.07 Å². The van der Waals surface area contributed by atoms with Gasteiger partial charge >= 0.3 is 0 Å². The SMILES string of the molecule is NCc1cc(Oc2ccc(Br)c(F)c2)ccn1. The van der Waals surface area contributed by atoms with Crippen LogP contribution in [0, 0.1) is 5.82 Å². The lowest BCUT2D eigenvalue weighted by Gasteiger charge is -2.07. The highest BCUT2D eigenvalue weighted by Gasteiger charge is 2.03. The predicted octanol–water partition coefficient (Wildman–Crippen LogP) is 3.23. The molecule has 0 unspecified atom stereocenters. The lowest BCUT2D eigenvalue weighted by atomic mass is 10.3. The molecule has 1 aromatic heterocycles. The quantitative estimate of drug-likeness (QED) is 0.946. The Morgan fingerprint density at radius 2 is 2.00 bits per heavy atom. The van der Waals surface area contributed by atoms with E-state index in [0.29, 0.717) is 22.5 Å². The van der Waals surface area contributed by atoms with E-state index in [2.05, 4.69) is 20.9 Å². The first-order chi connectivity index (χ1) is 8.19. The van der Waals surface area contributed by atoms with E-state index in [1.54, 1.807) is 30.5 Å². The molecule has 0 aliphatic rings. The lowest BCUT2D eigenvalue weighted by Crippen LogP contribution is -1.99. The van der Waals surface area contributed by atoms with Crippen molar-refractivity contribution in [3.63, 3.8) is 0 Å². The molecule has 0 saturated heterocycles. The Hall–Kier alpha value is -1.46. The Bertz CT molecular complexity index is 534. The van der Waals surface area contributed by atoms with Crippen LogP contribution in [0.3, 0.4) is 0 Å². The molecule has 88 valence electrons. The van der Waals surface area contributed by atoms with Crippen molar-refractivity contribution in [2.24, 2.45) is 5.73 Å². The van der Waals surface area contributed by atoms with Crippen LogP contribution in [-0.2, 0) is 6.54 Å². The monoisotopic (exact) mass is 296 g/mol. The molecular formula is C12H10BrFN2O. The van der Waals surface area contributed by atoms with Gasteiger partial charge in [0.2, 0.25) is 0 Å². The molecule has 2 aromatic rings. The molecule has 0 aliphatic carbocycles. The molecule has 5 heteroatoms. The highest BCUT2D eigenvalue weighted by atomic mass is 79.9. The molecule has 17 heavy (non-hydrogen) atoms. The van der Waals surface area contributed by atoms with Crippen molar-refractivity contribution in [2.45, 2.75) is 6.54 Å². The molecule has 0 bridgehead atoms. The molecule has 0 spiro atoms. The van der Waals surface area contributed by atoms with Crippen LogP contribution in [0.4, 0.5) is 4.39 Å². The van der Waals surface area contributed by atoms with Crippen LogP contribution in [0.15, 0.2) is 41.0 Å². The summed E-state index contributed by atoms with van der Waals surface area (Å²) in [6.07, 6.45) is 1.60. The van der Waals surface area contributed by atoms with Gasteiger partial charge in [-0.3, -0.25) is 4.98 Å². The molecular weight excluding hydrogens is 287 g/mol. The number of aromatic nitrogens is 1. The summed E-state index contributed by atoms with van der Waals surface area (Å²) in [7, 11) is 0. The van der Waals surface area contributed by atoms with Crippen LogP contribution in [-0.4, -0.2) is 4.98 Å². The summed E-state index contributed by atoms with van der Waals surface area (Å²) in [6, 6.07) is 8.00. The zero-order valence-corrected chi connectivity index (χ0v) is 10.4. The molecule has 0 aliphatic heterocycles. The third-order valence-corrected chi connectivity index (χ3v) is 2.77. The maximum Gasteiger partial charge on any atom is 0.141 e. The fraction of sp³-hybridized carbons (Fsp3) is 0.0833. The number of hydrogen-bond donors (Lipinski definition) is 1. The summed E-state index contributed by atoms with van der Waals surface area (Å²) in [5.41, 5.74) is 6.19. The van der Waals surface area contributed by atoms with E-state index >= 15 is 0 Å². The third kappa shape index (κ3) is 3.01. The van der Waals surface area contributed by atoms with Crippen molar-refractivity contribution in [3.05, 3.63) is 52.5 Å². The molecule has 3 nitrogen and oxygen atoms in total. The summed E-state index contributed by atoms with van der Waals surface area (Å²) < 4.78 is 19.2. The van der Waals surface area contributed by atoms with Crippen molar-refractivity contribution < 1.29 is 9.13 Å². The fourth-order valence-corrected chi connectivity index (χ4v) is 1.55. The van der Waals surface area contributed by atoms with Gasteiger partial charge in [-0.1, -0.05) is 0 Å². The largest absolute Gasteiger partial charge is 0.457 e. The fourth-order valence-electron chi connectivity index (χ4n) is 1.31. The van der Waals surface area contributed by atoms with Crippen molar-refractivity contribution in [1.29, 1.82) is 0 Å². The Morgan fingerprint density at radius 1 is 1.24 bits per heavy atom. The zero-order valence-electron chi connectivity index (χ0n) is 8.86. The topological polar surface area (TPSA) is 48.1 Å². The van der Waals surface area contributed by atoms with Gasteiger partial charge in [0.15, 0.2) is 0 Å². The second-order valence-electron chi connectivity index (χ2n) is 3.36. The number of rotatable bonds is 3. The number of nitrogens with two attached hydrogens (primary N) is 1.